The first-order valence-corrected chi connectivity index (χ1v) is 7.91. The van der Waals surface area contributed by atoms with Gasteiger partial charge in [-0.15, -0.1) is 0 Å². The van der Waals surface area contributed by atoms with Crippen LogP contribution in [0.1, 0.15) is 41.3 Å². The molecule has 0 saturated heterocycles. The topological polar surface area (TPSA) is 62.2 Å². The lowest BCUT2D eigenvalue weighted by Gasteiger charge is -2.27. The van der Waals surface area contributed by atoms with Crippen LogP contribution in [-0.4, -0.2) is 29.8 Å². The Bertz CT molecular complexity index is 717. The Labute approximate surface area is 136 Å². The van der Waals surface area contributed by atoms with Gasteiger partial charge in [0.25, 0.3) is 5.91 Å². The molecular formula is C17H23N5O. The SMILES string of the molecule is CCCc1nn(C)c2c1NC(c1ccc(N(C)C)cc1)NC2=O. The number of rotatable bonds is 4. The standard InChI is InChI=1S/C17H23N5O/c1-5-6-13-14-15(22(4)20-13)17(23)19-16(18-14)11-7-9-12(10-8-11)21(2)3/h7-10,16,18H,5-6H2,1-4H3,(H,19,23). The highest BCUT2D eigenvalue weighted by molar-refractivity contribution is 6.00. The van der Waals surface area contributed by atoms with Crippen LogP contribution in [0, 0.1) is 0 Å². The number of nitrogens with zero attached hydrogens (tertiary/aromatic N) is 3. The predicted molar refractivity (Wildman–Crippen MR) is 91.8 cm³/mol. The molecule has 1 unspecified atom stereocenters. The maximum atomic E-state index is 12.5. The molecule has 2 heterocycles. The van der Waals surface area contributed by atoms with Gasteiger partial charge in [0.1, 0.15) is 11.9 Å². The number of amides is 1. The molecule has 0 bridgehead atoms. The van der Waals surface area contributed by atoms with Crippen molar-refractivity contribution >= 4 is 17.3 Å². The Morgan fingerprint density at radius 2 is 1.91 bits per heavy atom. The summed E-state index contributed by atoms with van der Waals surface area (Å²) in [5.41, 5.74) is 4.58. The number of benzene rings is 1. The van der Waals surface area contributed by atoms with Gasteiger partial charge in [-0.3, -0.25) is 9.48 Å². The summed E-state index contributed by atoms with van der Waals surface area (Å²) in [4.78, 5) is 14.5. The highest BCUT2D eigenvalue weighted by atomic mass is 16.2. The Morgan fingerprint density at radius 3 is 2.52 bits per heavy atom. The summed E-state index contributed by atoms with van der Waals surface area (Å²) in [6, 6.07) is 8.17. The first kappa shape index (κ1) is 15.4. The van der Waals surface area contributed by atoms with Gasteiger partial charge in [0.05, 0.1) is 11.4 Å². The zero-order valence-corrected chi connectivity index (χ0v) is 14.1. The molecule has 6 heteroatoms. The average Bonchev–Trinajstić information content (AvgIpc) is 2.84. The monoisotopic (exact) mass is 313 g/mol. The number of anilines is 2. The van der Waals surface area contributed by atoms with Crippen LogP contribution in [0.2, 0.25) is 0 Å². The van der Waals surface area contributed by atoms with E-state index >= 15 is 0 Å². The van der Waals surface area contributed by atoms with Crippen molar-refractivity contribution in [3.8, 4) is 0 Å². The average molecular weight is 313 g/mol. The van der Waals surface area contributed by atoms with Crippen LogP contribution in [0.25, 0.3) is 0 Å². The van der Waals surface area contributed by atoms with Crippen LogP contribution in [0.3, 0.4) is 0 Å². The van der Waals surface area contributed by atoms with E-state index in [-0.39, 0.29) is 12.1 Å². The highest BCUT2D eigenvalue weighted by Gasteiger charge is 2.30. The minimum atomic E-state index is -0.231. The second-order valence-electron chi connectivity index (χ2n) is 6.08. The van der Waals surface area contributed by atoms with Gasteiger partial charge >= 0.3 is 0 Å². The Morgan fingerprint density at radius 1 is 1.22 bits per heavy atom. The number of hydrogen-bond acceptors (Lipinski definition) is 4. The van der Waals surface area contributed by atoms with E-state index in [0.717, 1.165) is 35.5 Å². The summed E-state index contributed by atoms with van der Waals surface area (Å²) in [5.74, 6) is -0.0854. The zero-order valence-electron chi connectivity index (χ0n) is 14.1. The Hall–Kier alpha value is -2.50. The lowest BCUT2D eigenvalue weighted by Crippen LogP contribution is -2.39. The minimum absolute atomic E-state index is 0.0854. The van der Waals surface area contributed by atoms with E-state index in [4.69, 9.17) is 0 Å². The molecule has 0 fully saturated rings. The number of fused-ring (bicyclic) bond motifs is 1. The van der Waals surface area contributed by atoms with Gasteiger partial charge in [-0.1, -0.05) is 25.5 Å². The molecule has 6 nitrogen and oxygen atoms in total. The summed E-state index contributed by atoms with van der Waals surface area (Å²) in [6.07, 6.45) is 1.62. The van der Waals surface area contributed by atoms with Gasteiger partial charge in [0.2, 0.25) is 0 Å². The summed E-state index contributed by atoms with van der Waals surface area (Å²) in [5, 5.41) is 10.9. The van der Waals surface area contributed by atoms with Crippen molar-refractivity contribution in [2.75, 3.05) is 24.3 Å². The van der Waals surface area contributed by atoms with Crippen LogP contribution < -0.4 is 15.5 Å². The van der Waals surface area contributed by atoms with Crippen molar-refractivity contribution in [1.82, 2.24) is 15.1 Å². The van der Waals surface area contributed by atoms with Crippen molar-refractivity contribution < 1.29 is 4.79 Å². The van der Waals surface area contributed by atoms with E-state index in [1.165, 1.54) is 0 Å². The largest absolute Gasteiger partial charge is 0.378 e. The Kier molecular flexibility index (Phi) is 3.98. The van der Waals surface area contributed by atoms with Gasteiger partial charge < -0.3 is 15.5 Å². The Balaban J connectivity index is 1.91. The highest BCUT2D eigenvalue weighted by Crippen LogP contribution is 2.30. The van der Waals surface area contributed by atoms with E-state index in [9.17, 15) is 4.79 Å². The van der Waals surface area contributed by atoms with E-state index < -0.39 is 0 Å². The molecule has 0 aliphatic carbocycles. The van der Waals surface area contributed by atoms with Crippen LogP contribution in [0.4, 0.5) is 11.4 Å². The number of hydrogen-bond donors (Lipinski definition) is 2. The molecule has 0 radical (unpaired) electrons. The quantitative estimate of drug-likeness (QED) is 0.909. The molecule has 0 spiro atoms. The summed E-state index contributed by atoms with van der Waals surface area (Å²) >= 11 is 0. The van der Waals surface area contributed by atoms with Crippen LogP contribution in [0.5, 0.6) is 0 Å². The fourth-order valence-corrected chi connectivity index (χ4v) is 2.91. The van der Waals surface area contributed by atoms with Gasteiger partial charge in [-0.25, -0.2) is 0 Å². The van der Waals surface area contributed by atoms with Gasteiger partial charge in [0.15, 0.2) is 0 Å². The van der Waals surface area contributed by atoms with Crippen LogP contribution in [-0.2, 0) is 13.5 Å². The summed E-state index contributed by atoms with van der Waals surface area (Å²) in [6.45, 7) is 2.11. The third kappa shape index (κ3) is 2.76. The van der Waals surface area contributed by atoms with Crippen LogP contribution >= 0.6 is 0 Å². The third-order valence-corrected chi connectivity index (χ3v) is 4.13. The van der Waals surface area contributed by atoms with E-state index in [1.54, 1.807) is 4.68 Å². The van der Waals surface area contributed by atoms with Crippen molar-refractivity contribution in [2.45, 2.75) is 25.9 Å². The molecule has 1 aliphatic rings. The lowest BCUT2D eigenvalue weighted by molar-refractivity contribution is 0.0926. The number of nitrogens with one attached hydrogen (secondary N) is 2. The summed E-state index contributed by atoms with van der Waals surface area (Å²) in [7, 11) is 5.83. The number of aryl methyl sites for hydroxylation is 2. The molecule has 1 amide bonds. The molecule has 1 atom stereocenters. The first-order valence-electron chi connectivity index (χ1n) is 7.91. The zero-order chi connectivity index (χ0) is 16.6. The fourth-order valence-electron chi connectivity index (χ4n) is 2.91. The van der Waals surface area contributed by atoms with Gasteiger partial charge in [-0.05, 0) is 24.1 Å². The second kappa shape index (κ2) is 5.95. The molecule has 2 N–H and O–H groups in total. The molecule has 1 aromatic heterocycles. The maximum Gasteiger partial charge on any atom is 0.273 e. The molecule has 0 saturated carbocycles. The number of carbonyl (C=O) groups excluding carboxylic acids is 1. The molecule has 1 aliphatic heterocycles. The van der Waals surface area contributed by atoms with Gasteiger partial charge in [0, 0.05) is 26.8 Å². The predicted octanol–water partition coefficient (Wildman–Crippen LogP) is 2.29. The minimum Gasteiger partial charge on any atom is -0.378 e. The van der Waals surface area contributed by atoms with Gasteiger partial charge in [-0.2, -0.15) is 5.10 Å². The smallest absolute Gasteiger partial charge is 0.273 e. The summed E-state index contributed by atoms with van der Waals surface area (Å²) < 4.78 is 1.66. The molecule has 1 aromatic carbocycles. The van der Waals surface area contributed by atoms with Crippen molar-refractivity contribution in [2.24, 2.45) is 7.05 Å². The number of carbonyl (C=O) groups is 1. The normalized spacial score (nSPS) is 16.5. The van der Waals surface area contributed by atoms with E-state index in [2.05, 4.69) is 39.7 Å². The van der Waals surface area contributed by atoms with Crippen molar-refractivity contribution in [3.05, 3.63) is 41.2 Å². The first-order chi connectivity index (χ1) is 11.0. The molecular weight excluding hydrogens is 290 g/mol. The molecule has 3 rings (SSSR count). The fraction of sp³-hybridized carbons (Fsp3) is 0.412. The maximum absolute atomic E-state index is 12.5. The molecule has 23 heavy (non-hydrogen) atoms. The van der Waals surface area contributed by atoms with Crippen molar-refractivity contribution in [3.63, 3.8) is 0 Å². The second-order valence-corrected chi connectivity index (χ2v) is 6.08. The lowest BCUT2D eigenvalue weighted by atomic mass is 10.1. The number of aromatic nitrogens is 2. The van der Waals surface area contributed by atoms with Crippen LogP contribution in [0.15, 0.2) is 24.3 Å². The van der Waals surface area contributed by atoms with Crippen molar-refractivity contribution in [1.29, 1.82) is 0 Å². The molecule has 122 valence electrons. The van der Waals surface area contributed by atoms with E-state index in [1.807, 2.05) is 33.3 Å². The molecule has 2 aromatic rings. The third-order valence-electron chi connectivity index (χ3n) is 4.13. The van der Waals surface area contributed by atoms with E-state index in [0.29, 0.717) is 5.69 Å².